The topological polar surface area (TPSA) is 80.7 Å². The van der Waals surface area contributed by atoms with Crippen molar-refractivity contribution in [1.82, 2.24) is 0 Å². The van der Waals surface area contributed by atoms with E-state index in [-0.39, 0.29) is 36.4 Å². The maximum atomic E-state index is 14.3. The Kier molecular flexibility index (Phi) is 3.94. The van der Waals surface area contributed by atoms with Gasteiger partial charge in [-0.25, -0.2) is 12.8 Å². The first-order valence-corrected chi connectivity index (χ1v) is 8.77. The summed E-state index contributed by atoms with van der Waals surface area (Å²) in [6, 6.07) is 3.98. The second-order valence-corrected chi connectivity index (χ2v) is 8.13. The Morgan fingerprint density at radius 3 is 2.50 bits per heavy atom. The van der Waals surface area contributed by atoms with Crippen molar-refractivity contribution in [3.63, 3.8) is 0 Å². The van der Waals surface area contributed by atoms with Gasteiger partial charge in [0.2, 0.25) is 0 Å². The first-order valence-electron chi connectivity index (χ1n) is 7.22. The minimum Gasteiger partial charge on any atom is -0.481 e. The summed E-state index contributed by atoms with van der Waals surface area (Å²) in [7, 11) is -3.72. The molecule has 22 heavy (non-hydrogen) atoms. The maximum Gasteiger partial charge on any atom is 0.303 e. The van der Waals surface area contributed by atoms with E-state index in [1.807, 2.05) is 0 Å². The molecule has 1 saturated carbocycles. The van der Waals surface area contributed by atoms with Crippen LogP contribution in [-0.4, -0.2) is 38.0 Å². The maximum absolute atomic E-state index is 14.3. The zero-order valence-electron chi connectivity index (χ0n) is 11.9. The summed E-state index contributed by atoms with van der Waals surface area (Å²) >= 11 is 0. The van der Waals surface area contributed by atoms with Crippen molar-refractivity contribution < 1.29 is 27.4 Å². The Hall–Kier alpha value is -1.47. The largest absolute Gasteiger partial charge is 0.481 e. The number of aliphatic carboxylic acids is 1. The molecular formula is C15H17FO5S. The van der Waals surface area contributed by atoms with E-state index in [1.165, 1.54) is 12.1 Å². The second kappa shape index (κ2) is 5.62. The molecule has 2 aliphatic rings. The van der Waals surface area contributed by atoms with Crippen molar-refractivity contribution in [2.75, 3.05) is 13.2 Å². The second-order valence-electron chi connectivity index (χ2n) is 5.94. The molecule has 0 bridgehead atoms. The minimum atomic E-state index is -3.72. The van der Waals surface area contributed by atoms with Gasteiger partial charge >= 0.3 is 5.97 Å². The van der Waals surface area contributed by atoms with Crippen molar-refractivity contribution in [3.8, 4) is 0 Å². The van der Waals surface area contributed by atoms with Crippen LogP contribution in [0.3, 0.4) is 0 Å². The number of carbonyl (C=O) groups is 1. The van der Waals surface area contributed by atoms with Gasteiger partial charge in [0.05, 0.1) is 19.6 Å². The molecule has 7 heteroatoms. The van der Waals surface area contributed by atoms with Gasteiger partial charge in [-0.3, -0.25) is 4.79 Å². The van der Waals surface area contributed by atoms with Crippen LogP contribution in [-0.2, 0) is 19.4 Å². The molecule has 1 aliphatic heterocycles. The van der Waals surface area contributed by atoms with E-state index in [4.69, 9.17) is 9.84 Å². The van der Waals surface area contributed by atoms with Crippen LogP contribution in [0, 0.1) is 11.7 Å². The van der Waals surface area contributed by atoms with Crippen LogP contribution in [0.15, 0.2) is 23.1 Å². The van der Waals surface area contributed by atoms with Gasteiger partial charge in [0.15, 0.2) is 9.84 Å². The summed E-state index contributed by atoms with van der Waals surface area (Å²) in [6.07, 6.45) is 1.80. The molecule has 0 amide bonds. The lowest BCUT2D eigenvalue weighted by Gasteiger charge is -2.26. The number of benzene rings is 1. The van der Waals surface area contributed by atoms with Crippen LogP contribution in [0.25, 0.3) is 0 Å². The molecule has 1 N–H and O–H groups in total. The fraction of sp³-hybridized carbons (Fsp3) is 0.533. The van der Waals surface area contributed by atoms with Crippen LogP contribution in [0.5, 0.6) is 0 Å². The summed E-state index contributed by atoms with van der Waals surface area (Å²) in [5.41, 5.74) is 0.561. The van der Waals surface area contributed by atoms with Gasteiger partial charge in [0.25, 0.3) is 0 Å². The Labute approximate surface area is 128 Å². The predicted molar refractivity (Wildman–Crippen MR) is 75.9 cm³/mol. The molecule has 0 aromatic heterocycles. The van der Waals surface area contributed by atoms with Crippen molar-refractivity contribution in [3.05, 3.63) is 29.6 Å². The highest BCUT2D eigenvalue weighted by Crippen LogP contribution is 2.45. The summed E-state index contributed by atoms with van der Waals surface area (Å²) in [5, 5.41) is 8.30. The van der Waals surface area contributed by atoms with Gasteiger partial charge in [-0.2, -0.15) is 0 Å². The van der Waals surface area contributed by atoms with Crippen LogP contribution >= 0.6 is 0 Å². The van der Waals surface area contributed by atoms with E-state index in [2.05, 4.69) is 0 Å². The van der Waals surface area contributed by atoms with Crippen LogP contribution in [0.1, 0.15) is 30.7 Å². The number of rotatable bonds is 6. The Morgan fingerprint density at radius 1 is 1.36 bits per heavy atom. The van der Waals surface area contributed by atoms with Crippen LogP contribution in [0.4, 0.5) is 4.39 Å². The fourth-order valence-corrected chi connectivity index (χ4v) is 4.29. The van der Waals surface area contributed by atoms with E-state index in [0.717, 1.165) is 12.8 Å². The molecule has 1 aromatic carbocycles. The van der Waals surface area contributed by atoms with E-state index in [9.17, 15) is 17.6 Å². The van der Waals surface area contributed by atoms with Crippen molar-refractivity contribution in [2.45, 2.75) is 35.3 Å². The molecule has 0 radical (unpaired) electrons. The standard InChI is InChI=1S/C15H17FO5S/c16-13-5-10(12(6-15(17)18)9-1-2-9)3-4-14(13)22(19,20)11-7-21-8-11/h3-5,9,11-12H,1-2,6-8H2,(H,17,18). The number of hydrogen-bond donors (Lipinski definition) is 1. The first kappa shape index (κ1) is 15.4. The van der Waals surface area contributed by atoms with Crippen molar-refractivity contribution in [1.29, 1.82) is 0 Å². The Bertz CT molecular complexity index is 692. The highest BCUT2D eigenvalue weighted by atomic mass is 32.2. The lowest BCUT2D eigenvalue weighted by molar-refractivity contribution is -0.137. The summed E-state index contributed by atoms with van der Waals surface area (Å²) in [6.45, 7) is 0.181. The average Bonchev–Trinajstić information content (AvgIpc) is 3.16. The monoisotopic (exact) mass is 328 g/mol. The third-order valence-corrected chi connectivity index (χ3v) is 6.42. The van der Waals surface area contributed by atoms with Gasteiger partial charge in [-0.15, -0.1) is 0 Å². The number of hydrogen-bond acceptors (Lipinski definition) is 4. The normalized spacial score (nSPS) is 20.4. The van der Waals surface area contributed by atoms with E-state index in [0.29, 0.717) is 5.56 Å². The van der Waals surface area contributed by atoms with Crippen molar-refractivity contribution >= 4 is 15.8 Å². The summed E-state index contributed by atoms with van der Waals surface area (Å²) < 4.78 is 43.6. The fourth-order valence-electron chi connectivity index (χ4n) is 2.79. The molecule has 5 nitrogen and oxygen atoms in total. The van der Waals surface area contributed by atoms with Gasteiger partial charge < -0.3 is 9.84 Å². The molecule has 120 valence electrons. The number of halogens is 1. The molecule has 1 heterocycles. The number of ether oxygens (including phenoxy) is 1. The number of carboxylic acids is 1. The van der Waals surface area contributed by atoms with Crippen LogP contribution in [0.2, 0.25) is 0 Å². The highest BCUT2D eigenvalue weighted by molar-refractivity contribution is 7.92. The molecule has 1 aliphatic carbocycles. The highest BCUT2D eigenvalue weighted by Gasteiger charge is 2.37. The lowest BCUT2D eigenvalue weighted by atomic mass is 9.91. The molecule has 0 spiro atoms. The van der Waals surface area contributed by atoms with Crippen LogP contribution < -0.4 is 0 Å². The SMILES string of the molecule is O=C(O)CC(c1ccc(S(=O)(=O)C2COC2)c(F)c1)C1CC1. The first-order chi connectivity index (χ1) is 10.4. The van der Waals surface area contributed by atoms with Gasteiger partial charge in [-0.05, 0) is 42.4 Å². The third-order valence-electron chi connectivity index (χ3n) is 4.32. The molecule has 1 unspecified atom stereocenters. The van der Waals surface area contributed by atoms with Gasteiger partial charge in [0.1, 0.15) is 16.0 Å². The predicted octanol–water partition coefficient (Wildman–Crippen LogP) is 1.97. The van der Waals surface area contributed by atoms with Gasteiger partial charge in [-0.1, -0.05) is 6.07 Å². The zero-order valence-corrected chi connectivity index (χ0v) is 12.7. The van der Waals surface area contributed by atoms with E-state index in [1.54, 1.807) is 6.07 Å². The quantitative estimate of drug-likeness (QED) is 0.863. The number of carboxylic acid groups (broad SMARTS) is 1. The Balaban J connectivity index is 1.89. The minimum absolute atomic E-state index is 0.0628. The molecule has 1 atom stereocenters. The Morgan fingerprint density at radius 2 is 2.05 bits per heavy atom. The smallest absolute Gasteiger partial charge is 0.303 e. The summed E-state index contributed by atoms with van der Waals surface area (Å²) in [5.74, 6) is -1.74. The molecule has 1 saturated heterocycles. The zero-order chi connectivity index (χ0) is 15.9. The molecule has 2 fully saturated rings. The number of sulfone groups is 1. The molecule has 1 aromatic rings. The van der Waals surface area contributed by atoms with E-state index >= 15 is 0 Å². The average molecular weight is 328 g/mol. The third kappa shape index (κ3) is 2.87. The van der Waals surface area contributed by atoms with Crippen molar-refractivity contribution in [2.24, 2.45) is 5.92 Å². The molecule has 3 rings (SSSR count). The molecular weight excluding hydrogens is 311 g/mol. The summed E-state index contributed by atoms with van der Waals surface area (Å²) in [4.78, 5) is 10.6. The van der Waals surface area contributed by atoms with Gasteiger partial charge in [0, 0.05) is 0 Å². The van der Waals surface area contributed by atoms with E-state index < -0.39 is 26.9 Å². The lowest BCUT2D eigenvalue weighted by Crippen LogP contribution is -2.40.